The van der Waals surface area contributed by atoms with Gasteiger partial charge in [0.25, 0.3) is 0 Å². The Balaban J connectivity index is 1.98. The fourth-order valence-corrected chi connectivity index (χ4v) is 5.88. The van der Waals surface area contributed by atoms with Crippen LogP contribution in [0.2, 0.25) is 0 Å². The number of fused-ring (bicyclic) bond motifs is 5. The van der Waals surface area contributed by atoms with Gasteiger partial charge < -0.3 is 15.3 Å². The number of carbonyl (C=O) groups is 2. The highest BCUT2D eigenvalue weighted by atomic mass is 16.3. The number of hydrogen-bond acceptors (Lipinski definition) is 5. The highest BCUT2D eigenvalue weighted by Crippen LogP contribution is 2.67. The van der Waals surface area contributed by atoms with Crippen molar-refractivity contribution in [2.45, 2.75) is 57.6 Å². The number of allylic oxidation sites excluding steroid dienone is 4. The summed E-state index contributed by atoms with van der Waals surface area (Å²) in [6.45, 7) is 2.04. The number of Topliss-reactive ketones (excluding diaryl/α,β-unsaturated/α-hetero) is 1. The minimum atomic E-state index is -3.01. The Morgan fingerprint density at radius 1 is 1.42 bits per heavy atom. The summed E-state index contributed by atoms with van der Waals surface area (Å²) in [5, 5.41) is 32.3. The van der Waals surface area contributed by atoms with E-state index in [2.05, 4.69) is 0 Å². The van der Waals surface area contributed by atoms with E-state index in [1.807, 2.05) is 0 Å². The lowest BCUT2D eigenvalue weighted by molar-refractivity contribution is -0.178. The number of ketones is 2. The molecule has 0 radical (unpaired) electrons. The predicted octanol–water partition coefficient (Wildman–Crippen LogP) is 1.56. The van der Waals surface area contributed by atoms with Gasteiger partial charge in [-0.2, -0.15) is 0 Å². The zero-order valence-electron chi connectivity index (χ0n) is 19.1. The molecule has 0 spiro atoms. The van der Waals surface area contributed by atoms with Gasteiger partial charge in [-0.15, -0.1) is 0 Å². The van der Waals surface area contributed by atoms with Gasteiger partial charge >= 0.3 is 0 Å². The van der Waals surface area contributed by atoms with Crippen molar-refractivity contribution in [2.75, 3.05) is 6.61 Å². The molecule has 3 N–H and O–H groups in total. The minimum absolute atomic E-state index is 0.108. The van der Waals surface area contributed by atoms with Crippen molar-refractivity contribution in [2.24, 2.45) is 28.6 Å². The Hall–Kier alpha value is -1.30. The molecule has 0 saturated heterocycles. The van der Waals surface area contributed by atoms with Crippen LogP contribution < -0.4 is 0 Å². The molecule has 7 atom stereocenters. The third-order valence-corrected chi connectivity index (χ3v) is 7.36. The van der Waals surface area contributed by atoms with Crippen LogP contribution in [0.25, 0.3) is 0 Å². The molecule has 142 valence electrons. The average Bonchev–Trinajstić information content (AvgIpc) is 2.96. The number of aliphatic hydroxyl groups is 3. The maximum atomic E-state index is 12.5. The largest absolute Gasteiger partial charge is 0.393 e. The van der Waals surface area contributed by atoms with Crippen molar-refractivity contribution in [1.29, 1.82) is 0 Å². The Bertz CT molecular complexity index is 898. The van der Waals surface area contributed by atoms with Crippen LogP contribution in [-0.4, -0.2) is 45.2 Å². The van der Waals surface area contributed by atoms with Crippen LogP contribution in [0.15, 0.2) is 23.8 Å². The van der Waals surface area contributed by atoms with Crippen molar-refractivity contribution in [3.8, 4) is 0 Å². The van der Waals surface area contributed by atoms with E-state index < -0.39 is 59.0 Å². The third-order valence-electron chi connectivity index (χ3n) is 7.36. The first-order chi connectivity index (χ1) is 13.7. The van der Waals surface area contributed by atoms with Crippen molar-refractivity contribution in [3.63, 3.8) is 0 Å². The van der Waals surface area contributed by atoms with Gasteiger partial charge in [0.05, 0.1) is 7.45 Å². The molecule has 3 fully saturated rings. The molecule has 26 heavy (non-hydrogen) atoms. The Kier molecular flexibility index (Phi) is 2.97. The van der Waals surface area contributed by atoms with Crippen LogP contribution in [-0.2, 0) is 9.59 Å². The molecular weight excluding hydrogens is 332 g/mol. The number of rotatable bonds is 2. The molecule has 0 aromatic carbocycles. The number of carbonyl (C=O) groups excluding carboxylic acids is 2. The van der Waals surface area contributed by atoms with Crippen LogP contribution in [0.4, 0.5) is 0 Å². The molecule has 0 aromatic rings. The first kappa shape index (κ1) is 13.8. The molecule has 4 aliphatic rings. The van der Waals surface area contributed by atoms with Gasteiger partial charge in [0.15, 0.2) is 11.6 Å². The summed E-state index contributed by atoms with van der Waals surface area (Å²) in [5.41, 5.74) is -4.78. The standard InChI is InChI=1S/C21H28O5/c1-19-7-5-13(23)9-12(19)3-4-14-15-6-8-21(26,17(25)11-22)20(15,2)10-16(24)18(14)19/h5,7,9,14-16,18,22,24,26H,3-4,6,8,10-11H2,1-2H3/t14?,15-,16?,18+,19-,20-,21-/m0/s1/i10D2,16D,18D. The second-order valence-electron chi connectivity index (χ2n) is 8.43. The number of aliphatic hydroxyl groups excluding tert-OH is 1. The monoisotopic (exact) mass is 364 g/mol. The summed E-state index contributed by atoms with van der Waals surface area (Å²) in [6.07, 6.45) is -0.775. The topological polar surface area (TPSA) is 94.8 Å². The van der Waals surface area contributed by atoms with Crippen molar-refractivity contribution >= 4 is 11.6 Å². The van der Waals surface area contributed by atoms with Crippen LogP contribution in [0.3, 0.4) is 0 Å². The molecule has 0 amide bonds. The van der Waals surface area contributed by atoms with E-state index in [0.717, 1.165) is 0 Å². The lowest BCUT2D eigenvalue weighted by Crippen LogP contribution is -2.61. The fourth-order valence-electron chi connectivity index (χ4n) is 5.88. The van der Waals surface area contributed by atoms with Crippen molar-refractivity contribution in [3.05, 3.63) is 23.8 Å². The molecule has 0 bridgehead atoms. The Morgan fingerprint density at radius 2 is 2.15 bits per heavy atom. The van der Waals surface area contributed by atoms with E-state index in [1.54, 1.807) is 6.92 Å². The highest BCUT2D eigenvalue weighted by Gasteiger charge is 2.67. The summed E-state index contributed by atoms with van der Waals surface area (Å²) >= 11 is 0. The van der Waals surface area contributed by atoms with Gasteiger partial charge in [0.2, 0.25) is 0 Å². The number of hydrogen-bond donors (Lipinski definition) is 3. The van der Waals surface area contributed by atoms with Crippen LogP contribution in [0.5, 0.6) is 0 Å². The summed E-state index contributed by atoms with van der Waals surface area (Å²) in [5.74, 6) is -4.60. The van der Waals surface area contributed by atoms with E-state index in [1.165, 1.54) is 25.2 Å². The zero-order valence-corrected chi connectivity index (χ0v) is 15.1. The smallest absolute Gasteiger partial charge is 0.190 e. The molecule has 0 aromatic heterocycles. The fraction of sp³-hybridized carbons (Fsp3) is 0.714. The maximum Gasteiger partial charge on any atom is 0.190 e. The summed E-state index contributed by atoms with van der Waals surface area (Å²) < 4.78 is 36.0. The lowest BCUT2D eigenvalue weighted by Gasteiger charge is -2.59. The lowest BCUT2D eigenvalue weighted by atomic mass is 9.46. The van der Waals surface area contributed by atoms with Gasteiger partial charge in [0, 0.05) is 20.8 Å². The second-order valence-corrected chi connectivity index (χ2v) is 8.43. The van der Waals surface area contributed by atoms with Gasteiger partial charge in [0.1, 0.15) is 12.2 Å². The second kappa shape index (κ2) is 5.60. The highest BCUT2D eigenvalue weighted by molar-refractivity contribution is 6.01. The molecule has 4 rings (SSSR count). The average molecular weight is 364 g/mol. The summed E-state index contributed by atoms with van der Waals surface area (Å²) in [6, 6.07) is 0. The molecule has 0 heterocycles. The molecule has 3 saturated carbocycles. The normalized spacial score (nSPS) is 59.7. The van der Waals surface area contributed by atoms with Crippen LogP contribution in [0.1, 0.15) is 51.4 Å². The van der Waals surface area contributed by atoms with Gasteiger partial charge in [-0.3, -0.25) is 9.59 Å². The molecule has 2 unspecified atom stereocenters. The summed E-state index contributed by atoms with van der Waals surface area (Å²) in [4.78, 5) is 24.5. The predicted molar refractivity (Wildman–Crippen MR) is 95.0 cm³/mol. The van der Waals surface area contributed by atoms with E-state index in [-0.39, 0.29) is 18.6 Å². The zero-order chi connectivity index (χ0) is 22.5. The van der Waals surface area contributed by atoms with E-state index in [9.17, 15) is 26.3 Å². The van der Waals surface area contributed by atoms with Crippen LogP contribution in [0, 0.1) is 28.6 Å². The van der Waals surface area contributed by atoms with Crippen molar-refractivity contribution in [1.82, 2.24) is 0 Å². The minimum Gasteiger partial charge on any atom is -0.393 e. The van der Waals surface area contributed by atoms with Crippen LogP contribution >= 0.6 is 0 Å². The SMILES string of the molecule is [2H]C1(O)C([2H])([2H])[C@@]2(C)[C@@H](CC[C@]2(O)C(=O)CO)C2CCC3=CC(=O)C=C[C@]3(C)[C@]21[2H]. The van der Waals surface area contributed by atoms with Gasteiger partial charge in [-0.1, -0.05) is 25.5 Å². The molecule has 5 heteroatoms. The molecular formula is C21H28O5. The first-order valence-corrected chi connectivity index (χ1v) is 9.20. The van der Waals surface area contributed by atoms with E-state index >= 15 is 0 Å². The van der Waals surface area contributed by atoms with Gasteiger partial charge in [-0.05, 0) is 56.0 Å². The van der Waals surface area contributed by atoms with Crippen molar-refractivity contribution < 1.29 is 30.4 Å². The summed E-state index contributed by atoms with van der Waals surface area (Å²) in [7, 11) is 0. The molecule has 5 nitrogen and oxygen atoms in total. The Labute approximate surface area is 159 Å². The van der Waals surface area contributed by atoms with E-state index in [4.69, 9.17) is 4.11 Å². The maximum absolute atomic E-state index is 12.5. The molecule has 4 aliphatic carbocycles. The quantitative estimate of drug-likeness (QED) is 0.691. The van der Waals surface area contributed by atoms with Gasteiger partial charge in [-0.25, -0.2) is 0 Å². The third kappa shape index (κ3) is 2.08. The molecule has 0 aliphatic heterocycles. The Morgan fingerprint density at radius 3 is 2.85 bits per heavy atom. The van der Waals surface area contributed by atoms with E-state index in [0.29, 0.717) is 18.4 Å². The first-order valence-electron chi connectivity index (χ1n) is 11.2.